The third-order valence-electron chi connectivity index (χ3n) is 6.43. The van der Waals surface area contributed by atoms with Gasteiger partial charge in [0.25, 0.3) is 5.91 Å². The number of halogens is 5. The van der Waals surface area contributed by atoms with Crippen LogP contribution in [0.25, 0.3) is 0 Å². The molecule has 0 aliphatic carbocycles. The van der Waals surface area contributed by atoms with Crippen LogP contribution in [0.15, 0.2) is 36.4 Å². The number of hydrogen-bond acceptors (Lipinski definition) is 4. The smallest absolute Gasteiger partial charge is 0.475 e. The molecular formula is C25H28Cl2F3N3O3. The van der Waals surface area contributed by atoms with Gasteiger partial charge < -0.3 is 15.3 Å². The van der Waals surface area contributed by atoms with Gasteiger partial charge in [0, 0.05) is 52.2 Å². The Morgan fingerprint density at radius 1 is 1.06 bits per heavy atom. The van der Waals surface area contributed by atoms with E-state index in [2.05, 4.69) is 34.2 Å². The first-order valence-electron chi connectivity index (χ1n) is 11.5. The Bertz CT molecular complexity index is 1090. The summed E-state index contributed by atoms with van der Waals surface area (Å²) in [4.78, 5) is 26.6. The highest BCUT2D eigenvalue weighted by atomic mass is 35.5. The number of carbonyl (C=O) groups is 2. The van der Waals surface area contributed by atoms with E-state index in [0.29, 0.717) is 27.7 Å². The number of amides is 1. The number of hydrogen-bond donors (Lipinski definition) is 2. The molecule has 2 aliphatic heterocycles. The van der Waals surface area contributed by atoms with Crippen molar-refractivity contribution in [1.82, 2.24) is 4.90 Å². The monoisotopic (exact) mass is 545 g/mol. The first-order chi connectivity index (χ1) is 16.8. The summed E-state index contributed by atoms with van der Waals surface area (Å²) in [6, 6.07) is 12.5. The molecule has 2 fully saturated rings. The van der Waals surface area contributed by atoms with Crippen molar-refractivity contribution in [2.24, 2.45) is 0 Å². The van der Waals surface area contributed by atoms with Gasteiger partial charge in [0.15, 0.2) is 0 Å². The highest BCUT2D eigenvalue weighted by Crippen LogP contribution is 2.30. The second-order valence-electron chi connectivity index (χ2n) is 9.03. The van der Waals surface area contributed by atoms with Crippen LogP contribution < -0.4 is 10.2 Å². The quantitative estimate of drug-likeness (QED) is 0.475. The van der Waals surface area contributed by atoms with Gasteiger partial charge in [0.1, 0.15) is 0 Å². The number of nitrogens with zero attached hydrogens (tertiary/aromatic N) is 2. The maximum Gasteiger partial charge on any atom is 0.490 e. The summed E-state index contributed by atoms with van der Waals surface area (Å²) in [7, 11) is 0. The number of benzene rings is 2. The molecule has 2 aromatic rings. The normalized spacial score (nSPS) is 20.1. The van der Waals surface area contributed by atoms with Gasteiger partial charge in [0.2, 0.25) is 0 Å². The Morgan fingerprint density at radius 3 is 2.22 bits per heavy atom. The second-order valence-corrected chi connectivity index (χ2v) is 9.90. The van der Waals surface area contributed by atoms with Crippen molar-refractivity contribution in [2.75, 3.05) is 29.9 Å². The minimum absolute atomic E-state index is 0.213. The van der Waals surface area contributed by atoms with Gasteiger partial charge in [-0.25, -0.2) is 4.79 Å². The first kappa shape index (κ1) is 28.1. The predicted octanol–water partition coefficient (Wildman–Crippen LogP) is 6.25. The topological polar surface area (TPSA) is 72.9 Å². The van der Waals surface area contributed by atoms with Crippen molar-refractivity contribution >= 4 is 46.5 Å². The Labute approximate surface area is 218 Å². The Kier molecular flexibility index (Phi) is 9.13. The molecule has 36 heavy (non-hydrogen) atoms. The summed E-state index contributed by atoms with van der Waals surface area (Å²) >= 11 is 12.0. The molecule has 2 N–H and O–H groups in total. The number of alkyl halides is 3. The van der Waals surface area contributed by atoms with E-state index in [-0.39, 0.29) is 5.91 Å². The zero-order valence-corrected chi connectivity index (χ0v) is 21.4. The maximum atomic E-state index is 12.6. The number of likely N-dealkylation sites (tertiary alicyclic amines) is 1. The highest BCUT2D eigenvalue weighted by molar-refractivity contribution is 6.35. The number of aliphatic carboxylic acids is 1. The van der Waals surface area contributed by atoms with Crippen molar-refractivity contribution < 1.29 is 27.9 Å². The molecule has 2 unspecified atom stereocenters. The summed E-state index contributed by atoms with van der Waals surface area (Å²) in [5.41, 5.74) is 3.52. The van der Waals surface area contributed by atoms with Crippen LogP contribution >= 0.6 is 23.2 Å². The van der Waals surface area contributed by atoms with Gasteiger partial charge in [0.05, 0.1) is 0 Å². The van der Waals surface area contributed by atoms with Crippen molar-refractivity contribution in [2.45, 2.75) is 51.4 Å². The molecule has 0 spiro atoms. The van der Waals surface area contributed by atoms with Gasteiger partial charge >= 0.3 is 12.1 Å². The largest absolute Gasteiger partial charge is 0.490 e. The fraction of sp³-hybridized carbons (Fsp3) is 0.440. The van der Waals surface area contributed by atoms with Gasteiger partial charge in [-0.1, -0.05) is 23.2 Å². The Hall–Kier alpha value is -2.49. The molecule has 0 radical (unpaired) electrons. The number of carboxylic acids is 1. The van der Waals surface area contributed by atoms with E-state index in [1.165, 1.54) is 31.5 Å². The van der Waals surface area contributed by atoms with Crippen molar-refractivity contribution in [3.05, 3.63) is 57.6 Å². The fourth-order valence-corrected chi connectivity index (χ4v) is 5.14. The number of carboxylic acid groups (broad SMARTS) is 1. The summed E-state index contributed by atoms with van der Waals surface area (Å²) < 4.78 is 31.7. The number of rotatable bonds is 4. The van der Waals surface area contributed by atoms with E-state index >= 15 is 0 Å². The highest BCUT2D eigenvalue weighted by Gasteiger charge is 2.38. The minimum atomic E-state index is -5.08. The van der Waals surface area contributed by atoms with Crippen LogP contribution in [-0.2, 0) is 4.79 Å². The Morgan fingerprint density at radius 2 is 1.69 bits per heavy atom. The molecule has 2 aromatic carbocycles. The van der Waals surface area contributed by atoms with Crippen LogP contribution in [0.5, 0.6) is 0 Å². The Balaban J connectivity index is 0.000000454. The van der Waals surface area contributed by atoms with Crippen LogP contribution in [0.3, 0.4) is 0 Å². The predicted molar refractivity (Wildman–Crippen MR) is 135 cm³/mol. The zero-order valence-electron chi connectivity index (χ0n) is 19.9. The lowest BCUT2D eigenvalue weighted by atomic mass is 10.1. The van der Waals surface area contributed by atoms with Gasteiger partial charge in [-0.05, 0) is 81.6 Å². The van der Waals surface area contributed by atoms with Crippen LogP contribution in [0, 0.1) is 6.92 Å². The van der Waals surface area contributed by atoms with Gasteiger partial charge in [-0.15, -0.1) is 0 Å². The molecule has 4 rings (SSSR count). The first-order valence-corrected chi connectivity index (χ1v) is 12.3. The van der Waals surface area contributed by atoms with Gasteiger partial charge in [-0.2, -0.15) is 13.2 Å². The molecule has 2 aliphatic rings. The third-order valence-corrected chi connectivity index (χ3v) is 6.86. The number of carbonyl (C=O) groups excluding carboxylic acids is 1. The van der Waals surface area contributed by atoms with Gasteiger partial charge in [-0.3, -0.25) is 9.69 Å². The van der Waals surface area contributed by atoms with E-state index < -0.39 is 12.1 Å². The molecule has 1 amide bonds. The second kappa shape index (κ2) is 11.7. The molecule has 0 aromatic heterocycles. The van der Waals surface area contributed by atoms with Crippen LogP contribution in [0.2, 0.25) is 10.0 Å². The van der Waals surface area contributed by atoms with Crippen molar-refractivity contribution in [3.63, 3.8) is 0 Å². The van der Waals surface area contributed by atoms with Crippen LogP contribution in [-0.4, -0.2) is 59.8 Å². The SMILES string of the molecule is Cc1cc(N2CCC(N3CCCC3C)C2)ccc1NC(=O)c1cc(Cl)cc(Cl)c1.O=C(O)C(F)(F)F. The van der Waals surface area contributed by atoms with E-state index in [4.69, 9.17) is 33.1 Å². The molecule has 2 heterocycles. The number of nitrogens with one attached hydrogen (secondary N) is 1. The molecule has 0 bridgehead atoms. The third kappa shape index (κ3) is 7.27. The number of aryl methyl sites for hydroxylation is 1. The number of anilines is 2. The lowest BCUT2D eigenvalue weighted by Gasteiger charge is -2.28. The molecule has 0 saturated carbocycles. The summed E-state index contributed by atoms with van der Waals surface area (Å²) in [5, 5.41) is 11.0. The molecule has 6 nitrogen and oxygen atoms in total. The lowest BCUT2D eigenvalue weighted by molar-refractivity contribution is -0.192. The zero-order chi connectivity index (χ0) is 26.6. The van der Waals surface area contributed by atoms with E-state index in [1.54, 1.807) is 18.2 Å². The summed E-state index contributed by atoms with van der Waals surface area (Å²) in [5.74, 6) is -2.97. The molecule has 196 valence electrons. The average Bonchev–Trinajstić information content (AvgIpc) is 3.43. The lowest BCUT2D eigenvalue weighted by Crippen LogP contribution is -2.39. The molecular weight excluding hydrogens is 518 g/mol. The summed E-state index contributed by atoms with van der Waals surface area (Å²) in [6.45, 7) is 7.78. The average molecular weight is 546 g/mol. The minimum Gasteiger partial charge on any atom is -0.475 e. The van der Waals surface area contributed by atoms with Crippen molar-refractivity contribution in [3.8, 4) is 0 Å². The van der Waals surface area contributed by atoms with E-state index in [9.17, 15) is 18.0 Å². The summed E-state index contributed by atoms with van der Waals surface area (Å²) in [6.07, 6.45) is -1.22. The fourth-order valence-electron chi connectivity index (χ4n) is 4.61. The van der Waals surface area contributed by atoms with Crippen LogP contribution in [0.4, 0.5) is 24.5 Å². The molecule has 2 saturated heterocycles. The van der Waals surface area contributed by atoms with Crippen molar-refractivity contribution in [1.29, 1.82) is 0 Å². The van der Waals surface area contributed by atoms with Crippen LogP contribution in [0.1, 0.15) is 42.1 Å². The molecule has 11 heteroatoms. The standard InChI is InChI=1S/C23H27Cl2N3O.C2HF3O2/c1-15-10-20(27-9-7-21(14-27)28-8-3-4-16(28)2)5-6-22(15)26-23(29)17-11-18(24)13-19(25)12-17;3-2(4,5)1(6)7/h5-6,10-13,16,21H,3-4,7-9,14H2,1-2H3,(H,26,29);(H,6,7). The van der Waals surface area contributed by atoms with E-state index in [1.807, 2.05) is 13.0 Å². The molecule has 2 atom stereocenters. The maximum absolute atomic E-state index is 12.6. The van der Waals surface area contributed by atoms with E-state index in [0.717, 1.165) is 24.3 Å².